The third kappa shape index (κ3) is 3.58. The first-order valence-electron chi connectivity index (χ1n) is 7.43. The highest BCUT2D eigenvalue weighted by molar-refractivity contribution is 8.26. The van der Waals surface area contributed by atoms with E-state index in [9.17, 15) is 19.5 Å². The van der Waals surface area contributed by atoms with Gasteiger partial charge in [-0.1, -0.05) is 36.1 Å². The molecule has 1 amide bonds. The number of hydrogen-bond donors (Lipinski definition) is 2. The maximum Gasteiger partial charge on any atom is 0.327 e. The van der Waals surface area contributed by atoms with Crippen molar-refractivity contribution in [2.24, 2.45) is 0 Å². The predicted octanol–water partition coefficient (Wildman–Crippen LogP) is 2.36. The molecule has 2 heterocycles. The summed E-state index contributed by atoms with van der Waals surface area (Å²) in [6.45, 7) is 0. The number of rotatable bonds is 5. The molecule has 2 N–H and O–H groups in total. The standard InChI is InChI=1S/C17H12N2O5S2/c20-14(21)8-12(16(23)24)19-15(22)13(26-17(19)25)7-9-3-4-11-10(6-9)2-1-5-18-11/h1-7,12H,8H2,(H,20,21)(H,23,24). The highest BCUT2D eigenvalue weighted by atomic mass is 32.2. The summed E-state index contributed by atoms with van der Waals surface area (Å²) in [7, 11) is 0. The second-order valence-corrected chi connectivity index (χ2v) is 7.13. The van der Waals surface area contributed by atoms with Crippen molar-refractivity contribution in [1.82, 2.24) is 9.88 Å². The van der Waals surface area contributed by atoms with E-state index in [0.717, 1.165) is 33.1 Å². The van der Waals surface area contributed by atoms with Crippen LogP contribution < -0.4 is 0 Å². The maximum absolute atomic E-state index is 12.6. The number of thiocarbonyl (C=S) groups is 1. The molecule has 9 heteroatoms. The third-order valence-electron chi connectivity index (χ3n) is 3.71. The van der Waals surface area contributed by atoms with Gasteiger partial charge in [0.25, 0.3) is 5.91 Å². The van der Waals surface area contributed by atoms with Crippen LogP contribution in [0.4, 0.5) is 0 Å². The maximum atomic E-state index is 12.6. The molecule has 0 spiro atoms. The van der Waals surface area contributed by atoms with Gasteiger partial charge in [0.2, 0.25) is 0 Å². The summed E-state index contributed by atoms with van der Waals surface area (Å²) in [6, 6.07) is 7.60. The Morgan fingerprint density at radius 3 is 2.77 bits per heavy atom. The fourth-order valence-corrected chi connectivity index (χ4v) is 3.89. The first-order valence-corrected chi connectivity index (χ1v) is 8.66. The molecule has 1 atom stereocenters. The van der Waals surface area contributed by atoms with Crippen molar-refractivity contribution in [2.75, 3.05) is 0 Å². The van der Waals surface area contributed by atoms with Gasteiger partial charge in [-0.2, -0.15) is 0 Å². The molecule has 2 aromatic rings. The van der Waals surface area contributed by atoms with Crippen LogP contribution in [0.2, 0.25) is 0 Å². The van der Waals surface area contributed by atoms with Crippen LogP contribution in [-0.2, 0) is 14.4 Å². The summed E-state index contributed by atoms with van der Waals surface area (Å²) in [5.74, 6) is -3.35. The molecule has 1 aliphatic rings. The van der Waals surface area contributed by atoms with E-state index in [-0.39, 0.29) is 9.23 Å². The third-order valence-corrected chi connectivity index (χ3v) is 5.04. The number of amides is 1. The van der Waals surface area contributed by atoms with Crippen molar-refractivity contribution in [3.63, 3.8) is 0 Å². The Labute approximate surface area is 157 Å². The lowest BCUT2D eigenvalue weighted by Crippen LogP contribution is -2.45. The van der Waals surface area contributed by atoms with Gasteiger partial charge in [0.05, 0.1) is 16.8 Å². The van der Waals surface area contributed by atoms with Gasteiger partial charge in [-0.25, -0.2) is 4.79 Å². The van der Waals surface area contributed by atoms with Gasteiger partial charge in [-0.3, -0.25) is 19.5 Å². The Morgan fingerprint density at radius 1 is 1.31 bits per heavy atom. The SMILES string of the molecule is O=C(O)CC(C(=O)O)N1C(=O)C(=Cc2ccc3ncccc3c2)SC1=S. The first kappa shape index (κ1) is 18.0. The van der Waals surface area contributed by atoms with E-state index in [2.05, 4.69) is 4.98 Å². The van der Waals surface area contributed by atoms with Crippen LogP contribution in [-0.4, -0.2) is 48.3 Å². The molecular weight excluding hydrogens is 376 g/mol. The van der Waals surface area contributed by atoms with Gasteiger partial charge in [0.1, 0.15) is 10.4 Å². The second kappa shape index (κ2) is 7.22. The van der Waals surface area contributed by atoms with Crippen molar-refractivity contribution < 1.29 is 24.6 Å². The normalized spacial score (nSPS) is 17.1. The van der Waals surface area contributed by atoms with Crippen LogP contribution in [0.5, 0.6) is 0 Å². The fraction of sp³-hybridized carbons (Fsp3) is 0.118. The quantitative estimate of drug-likeness (QED) is 0.594. The van der Waals surface area contributed by atoms with E-state index >= 15 is 0 Å². The number of carbonyl (C=O) groups is 3. The summed E-state index contributed by atoms with van der Waals surface area (Å²) < 4.78 is 0.0253. The number of aromatic nitrogens is 1. The Hall–Kier alpha value is -2.78. The average Bonchev–Trinajstić information content (AvgIpc) is 2.86. The zero-order valence-corrected chi connectivity index (χ0v) is 14.8. The van der Waals surface area contributed by atoms with Crippen molar-refractivity contribution in [3.05, 3.63) is 47.0 Å². The zero-order valence-electron chi connectivity index (χ0n) is 13.2. The van der Waals surface area contributed by atoms with Crippen LogP contribution in [0.1, 0.15) is 12.0 Å². The number of carbonyl (C=O) groups excluding carboxylic acids is 1. The monoisotopic (exact) mass is 388 g/mol. The number of thioether (sulfide) groups is 1. The number of benzene rings is 1. The predicted molar refractivity (Wildman–Crippen MR) is 100 cm³/mol. The Balaban J connectivity index is 1.92. The molecule has 7 nitrogen and oxygen atoms in total. The summed E-state index contributed by atoms with van der Waals surface area (Å²) in [4.78, 5) is 40.2. The van der Waals surface area contributed by atoms with E-state index < -0.39 is 30.3 Å². The highest BCUT2D eigenvalue weighted by Gasteiger charge is 2.41. The molecule has 1 saturated heterocycles. The molecule has 1 aromatic heterocycles. The van der Waals surface area contributed by atoms with Gasteiger partial charge in [0.15, 0.2) is 0 Å². The lowest BCUT2D eigenvalue weighted by Gasteiger charge is -2.21. The molecule has 0 radical (unpaired) electrons. The Kier molecular flexibility index (Phi) is 5.01. The van der Waals surface area contributed by atoms with E-state index in [1.807, 2.05) is 18.2 Å². The van der Waals surface area contributed by atoms with Gasteiger partial charge in [0, 0.05) is 11.6 Å². The van der Waals surface area contributed by atoms with E-state index in [4.69, 9.17) is 17.3 Å². The zero-order chi connectivity index (χ0) is 18.8. The molecule has 0 bridgehead atoms. The number of carboxylic acids is 2. The van der Waals surface area contributed by atoms with Crippen LogP contribution in [0, 0.1) is 0 Å². The van der Waals surface area contributed by atoms with Gasteiger partial charge < -0.3 is 10.2 Å². The van der Waals surface area contributed by atoms with Gasteiger partial charge in [-0.05, 0) is 29.8 Å². The summed E-state index contributed by atoms with van der Waals surface area (Å²) in [6.07, 6.45) is 2.56. The molecule has 1 aliphatic heterocycles. The van der Waals surface area contributed by atoms with Crippen LogP contribution in [0.3, 0.4) is 0 Å². The van der Waals surface area contributed by atoms with Crippen LogP contribution in [0.15, 0.2) is 41.4 Å². The molecule has 132 valence electrons. The average molecular weight is 388 g/mol. The van der Waals surface area contributed by atoms with Crippen molar-refractivity contribution in [2.45, 2.75) is 12.5 Å². The summed E-state index contributed by atoms with van der Waals surface area (Å²) in [5, 5.41) is 19.0. The molecule has 26 heavy (non-hydrogen) atoms. The Bertz CT molecular complexity index is 973. The molecule has 1 aromatic carbocycles. The number of aliphatic carboxylic acids is 2. The second-order valence-electron chi connectivity index (χ2n) is 5.46. The molecule has 0 saturated carbocycles. The molecule has 1 fully saturated rings. The van der Waals surface area contributed by atoms with E-state index in [1.165, 1.54) is 0 Å². The smallest absolute Gasteiger partial charge is 0.327 e. The van der Waals surface area contributed by atoms with Crippen molar-refractivity contribution in [3.8, 4) is 0 Å². The minimum atomic E-state index is -1.54. The van der Waals surface area contributed by atoms with Crippen LogP contribution in [0.25, 0.3) is 17.0 Å². The molecule has 1 unspecified atom stereocenters. The number of pyridine rings is 1. The minimum absolute atomic E-state index is 0.0253. The number of nitrogens with zero attached hydrogens (tertiary/aromatic N) is 2. The van der Waals surface area contributed by atoms with E-state index in [0.29, 0.717) is 0 Å². The largest absolute Gasteiger partial charge is 0.481 e. The van der Waals surface area contributed by atoms with E-state index in [1.54, 1.807) is 24.4 Å². The summed E-state index contributed by atoms with van der Waals surface area (Å²) in [5.41, 5.74) is 1.54. The fourth-order valence-electron chi connectivity index (χ4n) is 2.54. The molecule has 3 rings (SSSR count). The minimum Gasteiger partial charge on any atom is -0.481 e. The summed E-state index contributed by atoms with van der Waals surface area (Å²) >= 11 is 6.05. The van der Waals surface area contributed by atoms with Gasteiger partial charge in [-0.15, -0.1) is 0 Å². The molecule has 0 aliphatic carbocycles. The number of fused-ring (bicyclic) bond motifs is 1. The van der Waals surface area contributed by atoms with Crippen molar-refractivity contribution >= 4 is 63.1 Å². The van der Waals surface area contributed by atoms with Crippen LogP contribution >= 0.6 is 24.0 Å². The number of hydrogen-bond acceptors (Lipinski definition) is 6. The lowest BCUT2D eigenvalue weighted by molar-refractivity contribution is -0.150. The lowest BCUT2D eigenvalue weighted by atomic mass is 10.1. The van der Waals surface area contributed by atoms with Crippen molar-refractivity contribution in [1.29, 1.82) is 0 Å². The molecular formula is C17H12N2O5S2. The van der Waals surface area contributed by atoms with Gasteiger partial charge >= 0.3 is 11.9 Å². The first-order chi connectivity index (χ1) is 12.4. The number of carboxylic acid groups (broad SMARTS) is 2. The highest BCUT2D eigenvalue weighted by Crippen LogP contribution is 2.35. The topological polar surface area (TPSA) is 108 Å². The Morgan fingerprint density at radius 2 is 2.08 bits per heavy atom.